The topological polar surface area (TPSA) is 44.1 Å². The molecule has 6 atom stereocenters. The van der Waals surface area contributed by atoms with Gasteiger partial charge in [0.1, 0.15) is 0 Å². The summed E-state index contributed by atoms with van der Waals surface area (Å²) in [6.07, 6.45) is 10.5. The number of aliphatic hydroxyl groups excluding tert-OH is 1. The van der Waals surface area contributed by atoms with Crippen LogP contribution in [0.2, 0.25) is 0 Å². The van der Waals surface area contributed by atoms with Gasteiger partial charge < -0.3 is 10.5 Å². The molecular weight excluding hydrogens is 290 g/mol. The lowest BCUT2D eigenvalue weighted by Gasteiger charge is -2.57. The SMILES string of the molecule is CC12C[C@@H](O)C3C(CC=C4C=C(S)CCC43C)C1CCC2=N. The van der Waals surface area contributed by atoms with Crippen molar-refractivity contribution >= 4 is 18.3 Å². The van der Waals surface area contributed by atoms with E-state index in [1.54, 1.807) is 0 Å². The Labute approximate surface area is 139 Å². The number of rotatable bonds is 0. The molecule has 0 spiro atoms. The van der Waals surface area contributed by atoms with Gasteiger partial charge in [0.25, 0.3) is 0 Å². The highest BCUT2D eigenvalue weighted by Crippen LogP contribution is 2.63. The normalized spacial score (nSPS) is 50.6. The Bertz CT molecular complexity index is 594. The molecule has 5 unspecified atom stereocenters. The summed E-state index contributed by atoms with van der Waals surface area (Å²) < 4.78 is 0. The average molecular weight is 317 g/mol. The molecule has 0 heterocycles. The molecule has 0 aromatic carbocycles. The van der Waals surface area contributed by atoms with E-state index >= 15 is 0 Å². The Morgan fingerprint density at radius 1 is 1.27 bits per heavy atom. The zero-order valence-corrected chi connectivity index (χ0v) is 14.5. The van der Waals surface area contributed by atoms with Gasteiger partial charge in [-0.05, 0) is 78.2 Å². The van der Waals surface area contributed by atoms with Crippen LogP contribution in [0.3, 0.4) is 0 Å². The molecular formula is C19H27NOS. The minimum absolute atomic E-state index is 0.0541. The Morgan fingerprint density at radius 2 is 2.05 bits per heavy atom. The van der Waals surface area contributed by atoms with Crippen molar-refractivity contribution in [3.63, 3.8) is 0 Å². The van der Waals surface area contributed by atoms with Crippen molar-refractivity contribution in [1.29, 1.82) is 5.41 Å². The van der Waals surface area contributed by atoms with Crippen LogP contribution < -0.4 is 0 Å². The molecule has 0 bridgehead atoms. The molecule has 4 aliphatic carbocycles. The maximum Gasteiger partial charge on any atom is 0.0588 e. The second-order valence-corrected chi connectivity index (χ2v) is 9.03. The third-order valence-electron chi connectivity index (χ3n) is 7.47. The highest BCUT2D eigenvalue weighted by atomic mass is 32.1. The highest BCUT2D eigenvalue weighted by Gasteiger charge is 2.60. The summed E-state index contributed by atoms with van der Waals surface area (Å²) in [7, 11) is 0. The predicted octanol–water partition coefficient (Wildman–Crippen LogP) is 4.36. The molecule has 0 amide bonds. The van der Waals surface area contributed by atoms with Crippen molar-refractivity contribution in [3.05, 3.63) is 22.6 Å². The summed E-state index contributed by atoms with van der Waals surface area (Å²) >= 11 is 4.57. The van der Waals surface area contributed by atoms with Crippen LogP contribution in [0.4, 0.5) is 0 Å². The van der Waals surface area contributed by atoms with Crippen LogP contribution in [0.25, 0.3) is 0 Å². The fourth-order valence-electron chi connectivity index (χ4n) is 6.26. The van der Waals surface area contributed by atoms with Gasteiger partial charge in [0.2, 0.25) is 0 Å². The number of thiol groups is 1. The Morgan fingerprint density at radius 3 is 2.82 bits per heavy atom. The Kier molecular flexibility index (Phi) is 3.23. The van der Waals surface area contributed by atoms with Crippen LogP contribution in [0.5, 0.6) is 0 Å². The first-order valence-corrected chi connectivity index (χ1v) is 9.17. The molecule has 0 radical (unpaired) electrons. The van der Waals surface area contributed by atoms with Crippen molar-refractivity contribution in [1.82, 2.24) is 0 Å². The fraction of sp³-hybridized carbons (Fsp3) is 0.737. The van der Waals surface area contributed by atoms with Crippen molar-refractivity contribution in [2.24, 2.45) is 28.6 Å². The second-order valence-electron chi connectivity index (χ2n) is 8.45. The Hall–Kier alpha value is -0.540. The fourth-order valence-corrected chi connectivity index (χ4v) is 6.51. The molecule has 3 heteroatoms. The standard InChI is InChI=1S/C19H27NOS/c1-18-8-7-12(22)9-11(18)3-4-13-14-5-6-16(20)19(14,2)10-15(21)17(13)18/h3,9,13-15,17,20-22H,4-8,10H2,1-2H3/t13?,14?,15-,17?,18?,19?/m1/s1. The van der Waals surface area contributed by atoms with Crippen LogP contribution in [0.15, 0.2) is 22.6 Å². The van der Waals surface area contributed by atoms with E-state index in [9.17, 15) is 5.11 Å². The van der Waals surface area contributed by atoms with Crippen LogP contribution >= 0.6 is 12.6 Å². The number of nitrogens with one attached hydrogen (secondary N) is 1. The van der Waals surface area contributed by atoms with E-state index in [-0.39, 0.29) is 16.9 Å². The average Bonchev–Trinajstić information content (AvgIpc) is 2.75. The smallest absolute Gasteiger partial charge is 0.0588 e. The first-order valence-electron chi connectivity index (χ1n) is 8.72. The molecule has 0 aromatic heterocycles. The highest BCUT2D eigenvalue weighted by molar-refractivity contribution is 7.84. The van der Waals surface area contributed by atoms with Gasteiger partial charge in [-0.3, -0.25) is 0 Å². The maximum absolute atomic E-state index is 11.0. The molecule has 4 aliphatic rings. The van der Waals surface area contributed by atoms with Gasteiger partial charge in [-0.15, -0.1) is 12.6 Å². The number of aliphatic hydroxyl groups is 1. The van der Waals surface area contributed by atoms with E-state index in [0.29, 0.717) is 17.8 Å². The minimum atomic E-state index is -0.270. The van der Waals surface area contributed by atoms with Gasteiger partial charge >= 0.3 is 0 Å². The molecule has 0 aromatic rings. The lowest BCUT2D eigenvalue weighted by atomic mass is 9.48. The van der Waals surface area contributed by atoms with E-state index in [1.165, 1.54) is 10.5 Å². The predicted molar refractivity (Wildman–Crippen MR) is 93.3 cm³/mol. The monoisotopic (exact) mass is 317 g/mol. The molecule has 0 saturated heterocycles. The summed E-state index contributed by atoms with van der Waals surface area (Å²) in [4.78, 5) is 1.18. The molecule has 0 aliphatic heterocycles. The van der Waals surface area contributed by atoms with Crippen molar-refractivity contribution in [2.45, 2.75) is 58.5 Å². The van der Waals surface area contributed by atoms with Crippen LogP contribution in [0.1, 0.15) is 52.4 Å². The summed E-state index contributed by atoms with van der Waals surface area (Å²) in [5.74, 6) is 1.48. The molecule has 2 saturated carbocycles. The number of fused-ring (bicyclic) bond motifs is 5. The molecule has 2 fully saturated rings. The van der Waals surface area contributed by atoms with E-state index in [0.717, 1.165) is 44.2 Å². The summed E-state index contributed by atoms with van der Waals surface area (Å²) in [5, 5.41) is 19.4. The van der Waals surface area contributed by atoms with E-state index in [1.807, 2.05) is 0 Å². The number of allylic oxidation sites excluding steroid dienone is 4. The maximum atomic E-state index is 11.0. The van der Waals surface area contributed by atoms with Crippen molar-refractivity contribution in [2.75, 3.05) is 0 Å². The van der Waals surface area contributed by atoms with Gasteiger partial charge in [0.15, 0.2) is 0 Å². The van der Waals surface area contributed by atoms with Crippen LogP contribution in [-0.2, 0) is 0 Å². The lowest BCUT2D eigenvalue weighted by molar-refractivity contribution is -0.0921. The molecule has 22 heavy (non-hydrogen) atoms. The molecule has 2 nitrogen and oxygen atoms in total. The molecule has 2 N–H and O–H groups in total. The van der Waals surface area contributed by atoms with Crippen molar-refractivity contribution < 1.29 is 5.11 Å². The first kappa shape index (κ1) is 15.0. The van der Waals surface area contributed by atoms with E-state index < -0.39 is 0 Å². The van der Waals surface area contributed by atoms with Crippen molar-refractivity contribution in [3.8, 4) is 0 Å². The minimum Gasteiger partial charge on any atom is -0.393 e. The van der Waals surface area contributed by atoms with Gasteiger partial charge in [0, 0.05) is 11.1 Å². The summed E-state index contributed by atoms with van der Waals surface area (Å²) in [6.45, 7) is 4.60. The van der Waals surface area contributed by atoms with Gasteiger partial charge in [0.05, 0.1) is 6.10 Å². The number of hydrogen-bond donors (Lipinski definition) is 3. The number of hydrogen-bond acceptors (Lipinski definition) is 3. The quantitative estimate of drug-likeness (QED) is 0.571. The molecule has 120 valence electrons. The van der Waals surface area contributed by atoms with Gasteiger partial charge in [-0.25, -0.2) is 0 Å². The first-order chi connectivity index (χ1) is 10.4. The molecule has 4 rings (SSSR count). The van der Waals surface area contributed by atoms with Crippen LogP contribution in [-0.4, -0.2) is 16.9 Å². The zero-order chi connectivity index (χ0) is 15.7. The lowest BCUT2D eigenvalue weighted by Crippen LogP contribution is -2.55. The summed E-state index contributed by atoms with van der Waals surface area (Å²) in [5.41, 5.74) is 2.33. The van der Waals surface area contributed by atoms with Gasteiger partial charge in [-0.1, -0.05) is 19.9 Å². The third kappa shape index (κ3) is 1.81. The third-order valence-corrected chi connectivity index (χ3v) is 7.82. The summed E-state index contributed by atoms with van der Waals surface area (Å²) in [6, 6.07) is 0. The second kappa shape index (κ2) is 4.73. The zero-order valence-electron chi connectivity index (χ0n) is 13.6. The largest absolute Gasteiger partial charge is 0.393 e. The van der Waals surface area contributed by atoms with E-state index in [4.69, 9.17) is 5.41 Å². The van der Waals surface area contributed by atoms with E-state index in [2.05, 4.69) is 38.6 Å². The van der Waals surface area contributed by atoms with Crippen LogP contribution in [0, 0.1) is 34.0 Å². The van der Waals surface area contributed by atoms with Gasteiger partial charge in [-0.2, -0.15) is 0 Å². The Balaban J connectivity index is 1.78.